The van der Waals surface area contributed by atoms with Crippen molar-refractivity contribution in [2.24, 2.45) is 0 Å². The molecule has 0 amide bonds. The molecule has 1 saturated heterocycles. The zero-order valence-corrected chi connectivity index (χ0v) is 12.4. The average molecular weight is 276 g/mol. The molecule has 2 rings (SSSR count). The quantitative estimate of drug-likeness (QED) is 0.791. The van der Waals surface area contributed by atoms with Gasteiger partial charge in [-0.15, -0.1) is 11.8 Å². The molecule has 4 heteroatoms. The Labute approximate surface area is 119 Å². The second kappa shape index (κ2) is 6.83. The second-order valence-electron chi connectivity index (χ2n) is 4.84. The van der Waals surface area contributed by atoms with Crippen LogP contribution in [-0.4, -0.2) is 32.6 Å². The monoisotopic (exact) mass is 276 g/mol. The number of nitriles is 1. The highest BCUT2D eigenvalue weighted by Gasteiger charge is 2.18. The van der Waals surface area contributed by atoms with E-state index in [-0.39, 0.29) is 0 Å². The second-order valence-corrected chi connectivity index (χ2v) is 5.68. The van der Waals surface area contributed by atoms with Crippen LogP contribution in [0.15, 0.2) is 23.1 Å². The predicted octanol–water partition coefficient (Wildman–Crippen LogP) is 3.29. The number of likely N-dealkylation sites (N-methyl/N-ethyl adjacent to an activating group) is 1. The molecule has 0 aliphatic carbocycles. The van der Waals surface area contributed by atoms with Gasteiger partial charge in [0.25, 0.3) is 0 Å². The van der Waals surface area contributed by atoms with Crippen LogP contribution in [0.1, 0.15) is 24.8 Å². The maximum absolute atomic E-state index is 9.36. The van der Waals surface area contributed by atoms with E-state index in [9.17, 15) is 5.26 Å². The summed E-state index contributed by atoms with van der Waals surface area (Å²) in [4.78, 5) is 3.19. The number of benzene rings is 1. The van der Waals surface area contributed by atoms with Gasteiger partial charge in [0.05, 0.1) is 17.4 Å². The minimum Gasteiger partial charge on any atom is -0.376 e. The van der Waals surface area contributed by atoms with Gasteiger partial charge in [-0.2, -0.15) is 5.26 Å². The van der Waals surface area contributed by atoms with Gasteiger partial charge in [-0.25, -0.2) is 0 Å². The normalized spacial score (nSPS) is 18.9. The number of anilines is 1. The molecule has 1 fully saturated rings. The van der Waals surface area contributed by atoms with Crippen LogP contribution in [0.4, 0.5) is 5.69 Å². The SMILES string of the molecule is CSc1cccc(N(C)CC2CCCCO2)c1C#N. The van der Waals surface area contributed by atoms with Crippen LogP contribution in [-0.2, 0) is 4.74 Å². The summed E-state index contributed by atoms with van der Waals surface area (Å²) < 4.78 is 5.77. The van der Waals surface area contributed by atoms with Gasteiger partial charge in [0, 0.05) is 25.1 Å². The summed E-state index contributed by atoms with van der Waals surface area (Å²) in [6, 6.07) is 8.36. The van der Waals surface area contributed by atoms with Gasteiger partial charge in [0.2, 0.25) is 0 Å². The predicted molar refractivity (Wildman–Crippen MR) is 79.8 cm³/mol. The summed E-state index contributed by atoms with van der Waals surface area (Å²) in [5.74, 6) is 0. The highest BCUT2D eigenvalue weighted by atomic mass is 32.2. The fourth-order valence-corrected chi connectivity index (χ4v) is 3.04. The van der Waals surface area contributed by atoms with E-state index >= 15 is 0 Å². The summed E-state index contributed by atoms with van der Waals surface area (Å²) in [5, 5.41) is 9.36. The summed E-state index contributed by atoms with van der Waals surface area (Å²) in [6.45, 7) is 1.72. The summed E-state index contributed by atoms with van der Waals surface area (Å²) in [7, 11) is 2.04. The van der Waals surface area contributed by atoms with Crippen LogP contribution in [0.3, 0.4) is 0 Å². The molecule has 0 saturated carbocycles. The molecule has 1 heterocycles. The number of rotatable bonds is 4. The topological polar surface area (TPSA) is 36.3 Å². The van der Waals surface area contributed by atoms with Crippen molar-refractivity contribution in [3.05, 3.63) is 23.8 Å². The van der Waals surface area contributed by atoms with Gasteiger partial charge in [0.1, 0.15) is 6.07 Å². The average Bonchev–Trinajstić information content (AvgIpc) is 2.47. The van der Waals surface area contributed by atoms with Crippen molar-refractivity contribution in [2.75, 3.05) is 31.4 Å². The first kappa shape index (κ1) is 14.2. The lowest BCUT2D eigenvalue weighted by Gasteiger charge is -2.29. The van der Waals surface area contributed by atoms with Gasteiger partial charge in [-0.3, -0.25) is 0 Å². The van der Waals surface area contributed by atoms with E-state index in [1.807, 2.05) is 31.5 Å². The lowest BCUT2D eigenvalue weighted by atomic mass is 10.1. The van der Waals surface area contributed by atoms with Crippen LogP contribution in [0.5, 0.6) is 0 Å². The third kappa shape index (κ3) is 3.43. The summed E-state index contributed by atoms with van der Waals surface area (Å²) in [6.07, 6.45) is 5.84. The standard InChI is InChI=1S/C15H20N2OS/c1-17(11-12-6-3-4-9-18-12)14-7-5-8-15(19-2)13(14)10-16/h5,7-8,12H,3-4,6,9,11H2,1-2H3. The number of hydrogen-bond acceptors (Lipinski definition) is 4. The molecule has 0 radical (unpaired) electrons. The maximum Gasteiger partial charge on any atom is 0.102 e. The van der Waals surface area contributed by atoms with Crippen LogP contribution in [0.25, 0.3) is 0 Å². The zero-order chi connectivity index (χ0) is 13.7. The van der Waals surface area contributed by atoms with Gasteiger partial charge in [0.15, 0.2) is 0 Å². The lowest BCUT2D eigenvalue weighted by molar-refractivity contribution is 0.0216. The molecule has 1 aromatic rings. The number of nitrogens with zero attached hydrogens (tertiary/aromatic N) is 2. The van der Waals surface area contributed by atoms with Crippen LogP contribution in [0.2, 0.25) is 0 Å². The maximum atomic E-state index is 9.36. The minimum absolute atomic E-state index is 0.295. The molecule has 0 N–H and O–H groups in total. The Bertz CT molecular complexity index is 464. The number of hydrogen-bond donors (Lipinski definition) is 0. The molecule has 1 aromatic carbocycles. The molecule has 0 bridgehead atoms. The summed E-state index contributed by atoms with van der Waals surface area (Å²) in [5.41, 5.74) is 1.77. The molecule has 19 heavy (non-hydrogen) atoms. The van der Waals surface area contributed by atoms with Crippen molar-refractivity contribution in [1.29, 1.82) is 5.26 Å². The molecule has 0 spiro atoms. The lowest BCUT2D eigenvalue weighted by Crippen LogP contribution is -2.33. The molecule has 0 aromatic heterocycles. The Morgan fingerprint density at radius 1 is 1.47 bits per heavy atom. The Morgan fingerprint density at radius 3 is 2.95 bits per heavy atom. The van der Waals surface area contributed by atoms with E-state index in [2.05, 4.69) is 11.0 Å². The van der Waals surface area contributed by atoms with E-state index < -0.39 is 0 Å². The molecule has 3 nitrogen and oxygen atoms in total. The smallest absolute Gasteiger partial charge is 0.102 e. The van der Waals surface area contributed by atoms with Crippen LogP contribution in [0, 0.1) is 11.3 Å². The molecule has 102 valence electrons. The van der Waals surface area contributed by atoms with Crippen molar-refractivity contribution in [3.63, 3.8) is 0 Å². The van der Waals surface area contributed by atoms with Crippen molar-refractivity contribution in [1.82, 2.24) is 0 Å². The third-order valence-corrected chi connectivity index (χ3v) is 4.28. The molecule has 1 aliphatic rings. The van der Waals surface area contributed by atoms with Gasteiger partial charge < -0.3 is 9.64 Å². The van der Waals surface area contributed by atoms with Crippen LogP contribution >= 0.6 is 11.8 Å². The molecule has 1 unspecified atom stereocenters. The van der Waals surface area contributed by atoms with E-state index in [4.69, 9.17) is 4.74 Å². The Morgan fingerprint density at radius 2 is 2.32 bits per heavy atom. The first-order valence-electron chi connectivity index (χ1n) is 6.66. The fourth-order valence-electron chi connectivity index (χ4n) is 2.48. The van der Waals surface area contributed by atoms with Crippen molar-refractivity contribution >= 4 is 17.4 Å². The van der Waals surface area contributed by atoms with E-state index in [1.165, 1.54) is 12.8 Å². The fraction of sp³-hybridized carbons (Fsp3) is 0.533. The summed E-state index contributed by atoms with van der Waals surface area (Å²) >= 11 is 1.62. The first-order chi connectivity index (χ1) is 9.26. The number of ether oxygens (including phenoxy) is 1. The molecular weight excluding hydrogens is 256 g/mol. The molecule has 1 aliphatic heterocycles. The van der Waals surface area contributed by atoms with E-state index in [0.717, 1.165) is 35.7 Å². The third-order valence-electron chi connectivity index (χ3n) is 3.50. The van der Waals surface area contributed by atoms with Gasteiger partial charge >= 0.3 is 0 Å². The zero-order valence-electron chi connectivity index (χ0n) is 11.6. The van der Waals surface area contributed by atoms with Crippen molar-refractivity contribution < 1.29 is 4.74 Å². The number of thioether (sulfide) groups is 1. The van der Waals surface area contributed by atoms with E-state index in [1.54, 1.807) is 11.8 Å². The molecule has 1 atom stereocenters. The van der Waals surface area contributed by atoms with Crippen molar-refractivity contribution in [3.8, 4) is 6.07 Å². The van der Waals surface area contributed by atoms with E-state index in [0.29, 0.717) is 6.10 Å². The van der Waals surface area contributed by atoms with Crippen LogP contribution < -0.4 is 4.90 Å². The Balaban J connectivity index is 2.14. The highest BCUT2D eigenvalue weighted by molar-refractivity contribution is 7.98. The first-order valence-corrected chi connectivity index (χ1v) is 7.88. The Hall–Kier alpha value is -1.18. The molecular formula is C15H20N2OS. The highest BCUT2D eigenvalue weighted by Crippen LogP contribution is 2.29. The minimum atomic E-state index is 0.295. The van der Waals surface area contributed by atoms with Gasteiger partial charge in [-0.05, 0) is 37.7 Å². The van der Waals surface area contributed by atoms with Gasteiger partial charge in [-0.1, -0.05) is 6.07 Å². The van der Waals surface area contributed by atoms with Crippen molar-refractivity contribution in [2.45, 2.75) is 30.3 Å². The largest absolute Gasteiger partial charge is 0.376 e. The Kier molecular flexibility index (Phi) is 5.12.